The maximum Gasteiger partial charge on any atom is -0.00697 e. The molecular formula is C46H48P2. The van der Waals surface area contributed by atoms with Crippen molar-refractivity contribution in [1.29, 1.82) is 0 Å². The van der Waals surface area contributed by atoms with Crippen molar-refractivity contribution in [2.75, 3.05) is 0 Å². The van der Waals surface area contributed by atoms with Gasteiger partial charge in [-0.25, -0.2) is 0 Å². The fourth-order valence-electron chi connectivity index (χ4n) is 7.28. The highest BCUT2D eigenvalue weighted by Gasteiger charge is 2.27. The molecule has 6 aromatic carbocycles. The molecule has 0 bridgehead atoms. The summed E-state index contributed by atoms with van der Waals surface area (Å²) in [5.41, 5.74) is 15.9. The van der Waals surface area contributed by atoms with E-state index in [0.29, 0.717) is 0 Å². The molecule has 0 nitrogen and oxygen atoms in total. The molecule has 0 fully saturated rings. The van der Waals surface area contributed by atoms with Gasteiger partial charge in [-0.1, -0.05) is 165 Å². The molecular weight excluding hydrogens is 614 g/mol. The molecule has 48 heavy (non-hydrogen) atoms. The summed E-state index contributed by atoms with van der Waals surface area (Å²) in [6, 6.07) is 43.0. The summed E-state index contributed by atoms with van der Waals surface area (Å²) in [6.45, 7) is 22.4. The lowest BCUT2D eigenvalue weighted by Gasteiger charge is -2.28. The molecule has 0 aliphatic heterocycles. The molecule has 0 saturated heterocycles. The molecule has 6 rings (SSSR count). The molecule has 0 aliphatic rings. The normalized spacial score (nSPS) is 11.5. The highest BCUT2D eigenvalue weighted by atomic mass is 31.1. The Morgan fingerprint density at radius 1 is 0.250 bits per heavy atom. The van der Waals surface area contributed by atoms with Crippen molar-refractivity contribution < 1.29 is 0 Å². The fourth-order valence-corrected chi connectivity index (χ4v) is 13.2. The summed E-state index contributed by atoms with van der Waals surface area (Å²) >= 11 is 0. The van der Waals surface area contributed by atoms with E-state index in [1.807, 2.05) is 0 Å². The molecule has 2 heteroatoms. The van der Waals surface area contributed by atoms with Gasteiger partial charge in [0.15, 0.2) is 0 Å². The standard InChI is InChI=1S/C46H48P2/c1-29-11-13-43(45(27-29)47(39-19-31(3)15-32(4)20-39)40-21-33(5)16-34(6)22-40)44-14-12-30(2)28-46(44)48(41-23-35(7)17-36(8)24-41)42-25-37(9)18-38(10)26-42/h11-28H,1-10H3. The quantitative estimate of drug-likeness (QED) is 0.149. The van der Waals surface area contributed by atoms with Gasteiger partial charge in [0.1, 0.15) is 0 Å². The summed E-state index contributed by atoms with van der Waals surface area (Å²) in [5.74, 6) is 0. The molecule has 0 unspecified atom stereocenters. The summed E-state index contributed by atoms with van der Waals surface area (Å²) in [7, 11) is -1.67. The molecule has 0 aromatic heterocycles. The lowest BCUT2D eigenvalue weighted by Crippen LogP contribution is -2.27. The number of aryl methyl sites for hydroxylation is 10. The minimum absolute atomic E-state index is 0.833. The van der Waals surface area contributed by atoms with E-state index in [1.165, 1.54) is 98.6 Å². The third kappa shape index (κ3) is 7.42. The van der Waals surface area contributed by atoms with Crippen LogP contribution in [0.5, 0.6) is 0 Å². The van der Waals surface area contributed by atoms with Crippen LogP contribution in [0.2, 0.25) is 0 Å². The van der Waals surface area contributed by atoms with Crippen molar-refractivity contribution in [3.63, 3.8) is 0 Å². The average Bonchev–Trinajstić information content (AvgIpc) is 2.96. The first-order valence-corrected chi connectivity index (χ1v) is 19.7. The third-order valence-electron chi connectivity index (χ3n) is 8.94. The Morgan fingerprint density at radius 3 is 0.708 bits per heavy atom. The first kappa shape index (κ1) is 34.1. The number of hydrogen-bond donors (Lipinski definition) is 0. The Labute approximate surface area is 291 Å². The van der Waals surface area contributed by atoms with E-state index in [2.05, 4.69) is 178 Å². The van der Waals surface area contributed by atoms with Gasteiger partial charge in [-0.2, -0.15) is 0 Å². The topological polar surface area (TPSA) is 0 Å². The molecule has 0 heterocycles. The van der Waals surface area contributed by atoms with Crippen molar-refractivity contribution in [2.24, 2.45) is 0 Å². The molecule has 6 aromatic rings. The van der Waals surface area contributed by atoms with Gasteiger partial charge < -0.3 is 0 Å². The molecule has 0 radical (unpaired) electrons. The lowest BCUT2D eigenvalue weighted by molar-refractivity contribution is 1.40. The average molecular weight is 663 g/mol. The second-order valence-corrected chi connectivity index (χ2v) is 18.5. The lowest BCUT2D eigenvalue weighted by atomic mass is 10.0. The highest BCUT2D eigenvalue weighted by molar-refractivity contribution is 7.80. The van der Waals surface area contributed by atoms with Crippen LogP contribution in [0, 0.1) is 69.2 Å². The SMILES string of the molecule is Cc1cc(C)cc(P(c2cc(C)cc(C)c2)c2cc(C)ccc2-c2ccc(C)cc2P(c2cc(C)cc(C)c2)c2cc(C)cc(C)c2)c1. The van der Waals surface area contributed by atoms with Gasteiger partial charge in [-0.05, 0) is 128 Å². The van der Waals surface area contributed by atoms with Crippen LogP contribution in [-0.2, 0) is 0 Å². The predicted octanol–water partition coefficient (Wildman–Crippen LogP) is 9.95. The zero-order valence-electron chi connectivity index (χ0n) is 30.3. The molecule has 0 atom stereocenters. The Kier molecular flexibility index (Phi) is 9.91. The second-order valence-electron chi connectivity index (χ2n) is 14.1. The van der Waals surface area contributed by atoms with E-state index in [0.717, 1.165) is 0 Å². The van der Waals surface area contributed by atoms with Gasteiger partial charge in [0.2, 0.25) is 0 Å². The maximum absolute atomic E-state index is 2.48. The largest absolute Gasteiger partial charge is 0.0587 e. The minimum atomic E-state index is -0.833. The molecule has 0 spiro atoms. The zero-order valence-corrected chi connectivity index (χ0v) is 32.1. The van der Waals surface area contributed by atoms with Crippen molar-refractivity contribution in [2.45, 2.75) is 69.2 Å². The number of rotatable bonds is 7. The van der Waals surface area contributed by atoms with Crippen LogP contribution in [0.1, 0.15) is 55.6 Å². The highest BCUT2D eigenvalue weighted by Crippen LogP contribution is 2.42. The maximum atomic E-state index is 2.48. The Bertz CT molecular complexity index is 1810. The summed E-state index contributed by atoms with van der Waals surface area (Å²) in [4.78, 5) is 0. The first-order chi connectivity index (χ1) is 22.8. The van der Waals surface area contributed by atoms with Crippen LogP contribution in [-0.4, -0.2) is 0 Å². The van der Waals surface area contributed by atoms with Crippen LogP contribution in [0.15, 0.2) is 109 Å². The zero-order chi connectivity index (χ0) is 34.3. The first-order valence-electron chi connectivity index (χ1n) is 17.0. The molecule has 0 saturated carbocycles. The van der Waals surface area contributed by atoms with Gasteiger partial charge in [-0.15, -0.1) is 0 Å². The Hall–Kier alpha value is -3.82. The fraction of sp³-hybridized carbons (Fsp3) is 0.217. The van der Waals surface area contributed by atoms with Crippen molar-refractivity contribution in [1.82, 2.24) is 0 Å². The van der Waals surface area contributed by atoms with Gasteiger partial charge in [0.05, 0.1) is 0 Å². The molecule has 242 valence electrons. The third-order valence-corrected chi connectivity index (χ3v) is 13.7. The Balaban J connectivity index is 1.69. The van der Waals surface area contributed by atoms with Crippen LogP contribution < -0.4 is 31.8 Å². The smallest absolute Gasteiger partial charge is 0.00697 e. The number of benzene rings is 6. The number of hydrogen-bond acceptors (Lipinski definition) is 0. The van der Waals surface area contributed by atoms with Gasteiger partial charge in [-0.3, -0.25) is 0 Å². The minimum Gasteiger partial charge on any atom is -0.0587 e. The van der Waals surface area contributed by atoms with Gasteiger partial charge in [0, 0.05) is 0 Å². The summed E-state index contributed by atoms with van der Waals surface area (Å²) in [5, 5.41) is 8.53. The van der Waals surface area contributed by atoms with Crippen molar-refractivity contribution in [3.8, 4) is 11.1 Å². The van der Waals surface area contributed by atoms with Gasteiger partial charge >= 0.3 is 0 Å². The van der Waals surface area contributed by atoms with E-state index in [9.17, 15) is 0 Å². The van der Waals surface area contributed by atoms with Crippen LogP contribution in [0.3, 0.4) is 0 Å². The van der Waals surface area contributed by atoms with E-state index >= 15 is 0 Å². The monoisotopic (exact) mass is 662 g/mol. The van der Waals surface area contributed by atoms with Crippen LogP contribution >= 0.6 is 15.8 Å². The van der Waals surface area contributed by atoms with E-state index in [-0.39, 0.29) is 0 Å². The van der Waals surface area contributed by atoms with Gasteiger partial charge in [0.25, 0.3) is 0 Å². The second kappa shape index (κ2) is 14.0. The van der Waals surface area contributed by atoms with Crippen molar-refractivity contribution in [3.05, 3.63) is 165 Å². The molecule has 0 aliphatic carbocycles. The van der Waals surface area contributed by atoms with Crippen LogP contribution in [0.25, 0.3) is 11.1 Å². The van der Waals surface area contributed by atoms with Crippen LogP contribution in [0.4, 0.5) is 0 Å². The van der Waals surface area contributed by atoms with Crippen molar-refractivity contribution >= 4 is 47.7 Å². The van der Waals surface area contributed by atoms with E-state index in [1.54, 1.807) is 0 Å². The summed E-state index contributed by atoms with van der Waals surface area (Å²) in [6.07, 6.45) is 0. The van der Waals surface area contributed by atoms with E-state index in [4.69, 9.17) is 0 Å². The van der Waals surface area contributed by atoms with E-state index < -0.39 is 15.8 Å². The Morgan fingerprint density at radius 2 is 0.479 bits per heavy atom. The summed E-state index contributed by atoms with van der Waals surface area (Å²) < 4.78 is 0. The molecule has 0 amide bonds. The predicted molar refractivity (Wildman–Crippen MR) is 217 cm³/mol. The molecule has 0 N–H and O–H groups in total.